The predicted molar refractivity (Wildman–Crippen MR) is 148 cm³/mol. The molecule has 4 aromatic carbocycles. The van der Waals surface area contributed by atoms with Crippen molar-refractivity contribution < 1.29 is 8.42 Å². The van der Waals surface area contributed by atoms with Gasteiger partial charge in [0.2, 0.25) is 0 Å². The number of benzene rings is 4. The van der Waals surface area contributed by atoms with E-state index in [1.54, 1.807) is 11.8 Å². The molecule has 0 heterocycles. The molecule has 0 amide bonds. The number of aryl methyl sites for hydroxylation is 2. The fourth-order valence-electron chi connectivity index (χ4n) is 3.93. The van der Waals surface area contributed by atoms with E-state index in [-0.39, 0.29) is 11.3 Å². The molecule has 0 fully saturated rings. The predicted octanol–water partition coefficient (Wildman–Crippen LogP) is 6.93. The lowest BCUT2D eigenvalue weighted by atomic mass is 9.99. The standard InChI is InChI=1S/C29H29NO2S3/c1-21-13-17-24(18-14-21)34(31)27-12-8-7-11-26(27)29(33-3)28(23-9-5-4-6-10-23)30-35(32)25-19-15-22(2)16-20-25/h4-20,28-30H,1-3H3/t28?,29?,34-,35+/m0/s1. The Morgan fingerprint density at radius 1 is 0.686 bits per heavy atom. The van der Waals surface area contributed by atoms with Gasteiger partial charge in [-0.05, 0) is 61.6 Å². The van der Waals surface area contributed by atoms with Gasteiger partial charge < -0.3 is 0 Å². The molecule has 0 saturated carbocycles. The van der Waals surface area contributed by atoms with Crippen LogP contribution in [0.15, 0.2) is 118 Å². The van der Waals surface area contributed by atoms with E-state index in [9.17, 15) is 8.42 Å². The second-order valence-corrected chi connectivity index (χ2v) is 12.0. The van der Waals surface area contributed by atoms with E-state index >= 15 is 0 Å². The fourth-order valence-corrected chi connectivity index (χ4v) is 7.31. The zero-order valence-electron chi connectivity index (χ0n) is 20.0. The minimum Gasteiger partial charge on any atom is -0.249 e. The summed E-state index contributed by atoms with van der Waals surface area (Å²) < 4.78 is 30.4. The average Bonchev–Trinajstić information content (AvgIpc) is 2.89. The molecule has 0 radical (unpaired) electrons. The molecule has 0 aliphatic heterocycles. The molecule has 3 nitrogen and oxygen atoms in total. The molecule has 2 unspecified atom stereocenters. The third kappa shape index (κ3) is 6.19. The van der Waals surface area contributed by atoms with Gasteiger partial charge in [0, 0.05) is 9.79 Å². The van der Waals surface area contributed by atoms with E-state index < -0.39 is 21.8 Å². The maximum atomic E-state index is 13.7. The van der Waals surface area contributed by atoms with Gasteiger partial charge in [-0.15, -0.1) is 0 Å². The number of hydrogen-bond acceptors (Lipinski definition) is 3. The first-order valence-corrected chi connectivity index (χ1v) is 15.0. The van der Waals surface area contributed by atoms with Gasteiger partial charge in [-0.25, -0.2) is 13.1 Å². The van der Waals surface area contributed by atoms with Crippen molar-refractivity contribution in [3.63, 3.8) is 0 Å². The van der Waals surface area contributed by atoms with Crippen LogP contribution >= 0.6 is 11.8 Å². The monoisotopic (exact) mass is 519 g/mol. The van der Waals surface area contributed by atoms with Crippen LogP contribution in [0.1, 0.15) is 33.5 Å². The van der Waals surface area contributed by atoms with Crippen LogP contribution in [0.3, 0.4) is 0 Å². The van der Waals surface area contributed by atoms with E-state index in [0.29, 0.717) is 0 Å². The second kappa shape index (κ2) is 12.0. The third-order valence-electron chi connectivity index (χ3n) is 5.84. The van der Waals surface area contributed by atoms with Crippen LogP contribution < -0.4 is 4.72 Å². The molecule has 0 aliphatic carbocycles. The summed E-state index contributed by atoms with van der Waals surface area (Å²) in [6, 6.07) is 33.2. The molecule has 4 rings (SSSR count). The molecule has 6 heteroatoms. The molecule has 35 heavy (non-hydrogen) atoms. The van der Waals surface area contributed by atoms with Crippen molar-refractivity contribution in [2.45, 2.75) is 39.8 Å². The van der Waals surface area contributed by atoms with Crippen LogP contribution in [0.5, 0.6) is 0 Å². The van der Waals surface area contributed by atoms with Gasteiger partial charge in [0.15, 0.2) is 0 Å². The fraction of sp³-hybridized carbons (Fsp3) is 0.172. The zero-order valence-corrected chi connectivity index (χ0v) is 22.5. The summed E-state index contributed by atoms with van der Waals surface area (Å²) in [5.41, 5.74) is 4.26. The van der Waals surface area contributed by atoms with Gasteiger partial charge in [-0.2, -0.15) is 11.8 Å². The van der Waals surface area contributed by atoms with Gasteiger partial charge in [0.25, 0.3) is 0 Å². The molecule has 180 valence electrons. The van der Waals surface area contributed by atoms with Crippen LogP contribution in [0, 0.1) is 13.8 Å². The van der Waals surface area contributed by atoms with Gasteiger partial charge >= 0.3 is 0 Å². The second-order valence-electron chi connectivity index (χ2n) is 8.36. The van der Waals surface area contributed by atoms with E-state index in [1.807, 2.05) is 123 Å². The molecule has 4 atom stereocenters. The van der Waals surface area contributed by atoms with Crippen LogP contribution in [0.4, 0.5) is 0 Å². The van der Waals surface area contributed by atoms with Crippen molar-refractivity contribution in [3.8, 4) is 0 Å². The summed E-state index contributed by atoms with van der Waals surface area (Å²) in [5.74, 6) is 0. The quantitative estimate of drug-likeness (QED) is 0.261. The van der Waals surface area contributed by atoms with E-state index in [0.717, 1.165) is 36.9 Å². The maximum absolute atomic E-state index is 13.7. The summed E-state index contributed by atoms with van der Waals surface area (Å²) in [5, 5.41) is -0.114. The zero-order chi connectivity index (χ0) is 24.8. The van der Waals surface area contributed by atoms with Crippen molar-refractivity contribution in [2.24, 2.45) is 0 Å². The van der Waals surface area contributed by atoms with Gasteiger partial charge in [0.05, 0.1) is 27.0 Å². The Hall–Kier alpha value is -2.51. The first kappa shape index (κ1) is 25.6. The molecular formula is C29H29NO2S3. The van der Waals surface area contributed by atoms with Crippen molar-refractivity contribution in [1.82, 2.24) is 4.72 Å². The van der Waals surface area contributed by atoms with Crippen LogP contribution in [-0.2, 0) is 21.8 Å². The topological polar surface area (TPSA) is 46.2 Å². The lowest BCUT2D eigenvalue weighted by molar-refractivity contribution is 0.612. The Balaban J connectivity index is 1.74. The highest BCUT2D eigenvalue weighted by Gasteiger charge is 2.29. The Labute approximate surface area is 217 Å². The highest BCUT2D eigenvalue weighted by atomic mass is 32.2. The average molecular weight is 520 g/mol. The lowest BCUT2D eigenvalue weighted by Gasteiger charge is -2.28. The van der Waals surface area contributed by atoms with Crippen LogP contribution in [0.25, 0.3) is 0 Å². The first-order valence-electron chi connectivity index (χ1n) is 11.4. The summed E-state index contributed by atoms with van der Waals surface area (Å²) in [6.45, 7) is 4.04. The van der Waals surface area contributed by atoms with Crippen molar-refractivity contribution in [2.75, 3.05) is 6.26 Å². The molecule has 0 aliphatic rings. The highest BCUT2D eigenvalue weighted by Crippen LogP contribution is 2.42. The summed E-state index contributed by atoms with van der Waals surface area (Å²) >= 11 is 1.66. The minimum atomic E-state index is -1.41. The molecule has 0 saturated heterocycles. The molecule has 0 bridgehead atoms. The Morgan fingerprint density at radius 3 is 1.83 bits per heavy atom. The van der Waals surface area contributed by atoms with Crippen molar-refractivity contribution in [3.05, 3.63) is 125 Å². The Morgan fingerprint density at radius 2 is 1.23 bits per heavy atom. The van der Waals surface area contributed by atoms with E-state index in [2.05, 4.69) is 4.72 Å². The molecule has 0 aromatic heterocycles. The summed E-state index contributed by atoms with van der Waals surface area (Å²) in [6.07, 6.45) is 2.04. The first-order chi connectivity index (χ1) is 17.0. The largest absolute Gasteiger partial charge is 0.249 e. The van der Waals surface area contributed by atoms with Crippen LogP contribution in [0.2, 0.25) is 0 Å². The highest BCUT2D eigenvalue weighted by molar-refractivity contribution is 7.99. The van der Waals surface area contributed by atoms with Gasteiger partial charge in [-0.3, -0.25) is 0 Å². The van der Waals surface area contributed by atoms with Gasteiger partial charge in [0.1, 0.15) is 11.0 Å². The number of hydrogen-bond donors (Lipinski definition) is 1. The molecule has 4 aromatic rings. The minimum absolute atomic E-state index is 0.114. The SMILES string of the molecule is CSC(c1ccccc1[S@@](=O)c1ccc(C)cc1)C(N[S@](=O)c1ccc(C)cc1)c1ccccc1. The number of nitrogens with one attached hydrogen (secondary N) is 1. The normalized spacial score (nSPS) is 14.7. The van der Waals surface area contributed by atoms with E-state index in [4.69, 9.17) is 0 Å². The summed E-state index contributed by atoms with van der Waals surface area (Å²) in [7, 11) is -2.74. The summed E-state index contributed by atoms with van der Waals surface area (Å²) in [4.78, 5) is 2.28. The molecule has 1 N–H and O–H groups in total. The smallest absolute Gasteiger partial charge is 0.125 e. The van der Waals surface area contributed by atoms with Crippen molar-refractivity contribution in [1.29, 1.82) is 0 Å². The Bertz CT molecular complexity index is 1310. The van der Waals surface area contributed by atoms with E-state index in [1.165, 1.54) is 0 Å². The molecular weight excluding hydrogens is 491 g/mol. The maximum Gasteiger partial charge on any atom is 0.125 e. The lowest BCUT2D eigenvalue weighted by Crippen LogP contribution is -2.28. The van der Waals surface area contributed by atoms with Gasteiger partial charge in [-0.1, -0.05) is 83.9 Å². The third-order valence-corrected chi connectivity index (χ3v) is 9.52. The Kier molecular flexibility index (Phi) is 8.74. The molecule has 0 spiro atoms. The van der Waals surface area contributed by atoms with Crippen molar-refractivity contribution >= 4 is 33.5 Å². The van der Waals surface area contributed by atoms with Crippen LogP contribution in [-0.4, -0.2) is 14.7 Å². The number of rotatable bonds is 9. The number of thioether (sulfide) groups is 1.